The molecule has 0 unspecified atom stereocenters. The molecule has 0 saturated heterocycles. The van der Waals surface area contributed by atoms with Gasteiger partial charge in [0.1, 0.15) is 5.82 Å². The maximum Gasteiger partial charge on any atom is 0.351 e. The molecule has 1 aromatic carbocycles. The predicted molar refractivity (Wildman–Crippen MR) is 61.9 cm³/mol. The number of hydrogen-bond donors (Lipinski definition) is 0. The van der Waals surface area contributed by atoms with Crippen molar-refractivity contribution in [3.8, 4) is 5.69 Å². The van der Waals surface area contributed by atoms with Gasteiger partial charge in [-0.25, -0.2) is 26.9 Å². The Kier molecular flexibility index (Phi) is 2.81. The molecule has 18 heavy (non-hydrogen) atoms. The van der Waals surface area contributed by atoms with Gasteiger partial charge in [-0.2, -0.15) is 0 Å². The highest BCUT2D eigenvalue weighted by molar-refractivity contribution is 7.90. The lowest BCUT2D eigenvalue weighted by molar-refractivity contribution is 0.585. The van der Waals surface area contributed by atoms with E-state index in [2.05, 4.69) is 5.10 Å². The van der Waals surface area contributed by atoms with Crippen LogP contribution in [0.15, 0.2) is 34.2 Å². The predicted octanol–water partition coefficient (Wildman–Crippen LogP) is 0.114. The third kappa shape index (κ3) is 2.06. The Morgan fingerprint density at radius 2 is 2.00 bits per heavy atom. The summed E-state index contributed by atoms with van der Waals surface area (Å²) in [5.74, 6) is -0.567. The van der Waals surface area contributed by atoms with Crippen molar-refractivity contribution in [1.82, 2.24) is 14.3 Å². The number of sulfone groups is 1. The molecule has 0 aliphatic rings. The fourth-order valence-corrected chi connectivity index (χ4v) is 2.30. The molecule has 6 nitrogen and oxygen atoms in total. The normalized spacial score (nSPS) is 11.7. The summed E-state index contributed by atoms with van der Waals surface area (Å²) < 4.78 is 38.0. The topological polar surface area (TPSA) is 74.0 Å². The number of aromatic nitrogens is 3. The van der Waals surface area contributed by atoms with Crippen molar-refractivity contribution in [3.63, 3.8) is 0 Å². The summed E-state index contributed by atoms with van der Waals surface area (Å²) in [5.41, 5.74) is -0.533. The first-order valence-corrected chi connectivity index (χ1v) is 6.82. The Morgan fingerprint density at radius 3 is 2.56 bits per heavy atom. The summed E-state index contributed by atoms with van der Waals surface area (Å²) in [4.78, 5) is 11.8. The van der Waals surface area contributed by atoms with Crippen LogP contribution in [0.4, 0.5) is 4.39 Å². The van der Waals surface area contributed by atoms with Crippen LogP contribution >= 0.6 is 0 Å². The van der Waals surface area contributed by atoms with Crippen molar-refractivity contribution in [2.24, 2.45) is 7.05 Å². The molecule has 0 fully saturated rings. The van der Waals surface area contributed by atoms with Gasteiger partial charge in [0.25, 0.3) is 5.16 Å². The number of benzene rings is 1. The zero-order chi connectivity index (χ0) is 13.5. The van der Waals surface area contributed by atoms with E-state index in [9.17, 15) is 17.6 Å². The molecule has 0 atom stereocenters. The quantitative estimate of drug-likeness (QED) is 0.777. The van der Waals surface area contributed by atoms with Gasteiger partial charge in [0.05, 0.1) is 5.69 Å². The van der Waals surface area contributed by atoms with Crippen LogP contribution in [0.1, 0.15) is 0 Å². The van der Waals surface area contributed by atoms with Crippen LogP contribution in [-0.2, 0) is 16.9 Å². The molecule has 0 N–H and O–H groups in total. The molecule has 0 spiro atoms. The molecule has 0 aliphatic heterocycles. The van der Waals surface area contributed by atoms with Crippen LogP contribution in [0.2, 0.25) is 0 Å². The summed E-state index contributed by atoms with van der Waals surface area (Å²) in [6, 6.07) is 5.08. The van der Waals surface area contributed by atoms with Crippen molar-refractivity contribution in [2.45, 2.75) is 5.16 Å². The smallest absolute Gasteiger partial charge is 0.246 e. The van der Waals surface area contributed by atoms with Crippen LogP contribution in [0.5, 0.6) is 0 Å². The largest absolute Gasteiger partial charge is 0.351 e. The second kappa shape index (κ2) is 4.05. The summed E-state index contributed by atoms with van der Waals surface area (Å²) in [7, 11) is -2.36. The third-order valence-corrected chi connectivity index (χ3v) is 3.22. The number of nitrogens with zero attached hydrogens (tertiary/aromatic N) is 3. The van der Waals surface area contributed by atoms with E-state index in [-0.39, 0.29) is 5.69 Å². The molecule has 1 aromatic heterocycles. The van der Waals surface area contributed by atoms with Gasteiger partial charge in [0.15, 0.2) is 0 Å². The fourth-order valence-electron chi connectivity index (χ4n) is 1.52. The Bertz CT molecular complexity index is 761. The highest BCUT2D eigenvalue weighted by atomic mass is 32.2. The van der Waals surface area contributed by atoms with Crippen molar-refractivity contribution in [3.05, 3.63) is 40.6 Å². The van der Waals surface area contributed by atoms with Gasteiger partial charge in [-0.1, -0.05) is 6.07 Å². The van der Waals surface area contributed by atoms with Gasteiger partial charge >= 0.3 is 5.69 Å². The van der Waals surface area contributed by atoms with Crippen LogP contribution in [-0.4, -0.2) is 29.0 Å². The lowest BCUT2D eigenvalue weighted by Gasteiger charge is -2.03. The maximum absolute atomic E-state index is 13.1. The maximum atomic E-state index is 13.1. The minimum atomic E-state index is -3.69. The zero-order valence-corrected chi connectivity index (χ0v) is 10.5. The van der Waals surface area contributed by atoms with E-state index in [1.807, 2.05) is 0 Å². The average molecular weight is 271 g/mol. The van der Waals surface area contributed by atoms with E-state index in [0.717, 1.165) is 21.6 Å². The van der Waals surface area contributed by atoms with E-state index in [1.165, 1.54) is 25.2 Å². The minimum Gasteiger partial charge on any atom is -0.246 e. The molecule has 0 aliphatic carbocycles. The van der Waals surface area contributed by atoms with E-state index in [0.29, 0.717) is 0 Å². The number of rotatable bonds is 2. The van der Waals surface area contributed by atoms with Gasteiger partial charge in [0.2, 0.25) is 9.84 Å². The fraction of sp³-hybridized carbons (Fsp3) is 0.200. The van der Waals surface area contributed by atoms with Crippen molar-refractivity contribution in [2.75, 3.05) is 6.26 Å². The molecule has 0 saturated carbocycles. The van der Waals surface area contributed by atoms with Crippen LogP contribution < -0.4 is 5.69 Å². The van der Waals surface area contributed by atoms with E-state index in [4.69, 9.17) is 0 Å². The molecular formula is C10H10FN3O3S. The summed E-state index contributed by atoms with van der Waals surface area (Å²) >= 11 is 0. The number of hydrogen-bond acceptors (Lipinski definition) is 4. The standard InChI is InChI=1S/C10H10FN3O3S/c1-13-10(15)14(9(12-13)18(2,16)17)8-5-3-4-7(11)6-8/h3-6H,1-2H3. The van der Waals surface area contributed by atoms with Gasteiger partial charge in [-0.15, -0.1) is 5.10 Å². The second-order valence-electron chi connectivity index (χ2n) is 3.78. The average Bonchev–Trinajstić information content (AvgIpc) is 2.55. The van der Waals surface area contributed by atoms with Crippen molar-refractivity contribution < 1.29 is 12.8 Å². The van der Waals surface area contributed by atoms with Gasteiger partial charge in [0, 0.05) is 13.3 Å². The Morgan fingerprint density at radius 1 is 1.33 bits per heavy atom. The van der Waals surface area contributed by atoms with Gasteiger partial charge < -0.3 is 0 Å². The van der Waals surface area contributed by atoms with Crippen LogP contribution in [0.3, 0.4) is 0 Å². The SMILES string of the molecule is Cn1nc(S(C)(=O)=O)n(-c2cccc(F)c2)c1=O. The second-order valence-corrected chi connectivity index (χ2v) is 5.69. The first-order chi connectivity index (χ1) is 8.30. The minimum absolute atomic E-state index is 0.119. The Balaban J connectivity index is 2.83. The molecule has 8 heteroatoms. The highest BCUT2D eigenvalue weighted by Gasteiger charge is 2.21. The van der Waals surface area contributed by atoms with E-state index < -0.39 is 26.5 Å². The molecule has 1 heterocycles. The monoisotopic (exact) mass is 271 g/mol. The molecule has 0 radical (unpaired) electrons. The number of aryl methyl sites for hydroxylation is 1. The van der Waals surface area contributed by atoms with Gasteiger partial charge in [-0.05, 0) is 18.2 Å². The lowest BCUT2D eigenvalue weighted by atomic mass is 10.3. The van der Waals surface area contributed by atoms with Crippen LogP contribution in [0.25, 0.3) is 5.69 Å². The molecule has 0 amide bonds. The van der Waals surface area contributed by atoms with E-state index >= 15 is 0 Å². The molecule has 2 aromatic rings. The zero-order valence-electron chi connectivity index (χ0n) is 9.66. The number of halogens is 1. The third-order valence-electron chi connectivity index (χ3n) is 2.29. The highest BCUT2D eigenvalue weighted by Crippen LogP contribution is 2.12. The summed E-state index contributed by atoms with van der Waals surface area (Å²) in [5, 5.41) is 3.23. The molecular weight excluding hydrogens is 261 g/mol. The first-order valence-electron chi connectivity index (χ1n) is 4.93. The summed E-state index contributed by atoms with van der Waals surface area (Å²) in [6.45, 7) is 0. The Hall–Kier alpha value is -1.96. The van der Waals surface area contributed by atoms with E-state index in [1.54, 1.807) is 0 Å². The molecule has 2 rings (SSSR count). The summed E-state index contributed by atoms with van der Waals surface area (Å²) in [6.07, 6.45) is 0.935. The Labute approximate surface area is 102 Å². The van der Waals surface area contributed by atoms with Gasteiger partial charge in [-0.3, -0.25) is 0 Å². The van der Waals surface area contributed by atoms with Crippen molar-refractivity contribution >= 4 is 9.84 Å². The molecule has 96 valence electrons. The van der Waals surface area contributed by atoms with Crippen LogP contribution in [0, 0.1) is 5.82 Å². The molecule has 0 bridgehead atoms. The first kappa shape index (κ1) is 12.5. The van der Waals surface area contributed by atoms with Crippen molar-refractivity contribution in [1.29, 1.82) is 0 Å². The lowest BCUT2D eigenvalue weighted by Crippen LogP contribution is -2.22.